The first kappa shape index (κ1) is 16.6. The maximum Gasteiger partial charge on any atom is 0.139 e. The van der Waals surface area contributed by atoms with Crippen molar-refractivity contribution in [2.75, 3.05) is 4.23 Å². The van der Waals surface area contributed by atoms with Crippen molar-refractivity contribution in [3.63, 3.8) is 0 Å². The summed E-state index contributed by atoms with van der Waals surface area (Å²) in [7, 11) is -3.14. The molecule has 1 heterocycles. The van der Waals surface area contributed by atoms with Crippen LogP contribution in [-0.4, -0.2) is 21.5 Å². The summed E-state index contributed by atoms with van der Waals surface area (Å²) in [5.74, 6) is 1.13. The highest BCUT2D eigenvalue weighted by atomic mass is 28.4. The molecule has 22 heavy (non-hydrogen) atoms. The van der Waals surface area contributed by atoms with Gasteiger partial charge in [0.05, 0.1) is 5.82 Å². The quantitative estimate of drug-likeness (QED) is 0.800. The number of anilines is 1. The summed E-state index contributed by atoms with van der Waals surface area (Å²) < 4.78 is 2.63. The van der Waals surface area contributed by atoms with Crippen molar-refractivity contribution in [3.8, 4) is 17.2 Å². The van der Waals surface area contributed by atoms with Gasteiger partial charge in [-0.05, 0) is 11.6 Å². The molecule has 0 saturated heterocycles. The lowest BCUT2D eigenvalue weighted by molar-refractivity contribution is 1.24. The fourth-order valence-corrected chi connectivity index (χ4v) is 12.9. The highest BCUT2D eigenvalue weighted by Crippen LogP contribution is 2.36. The first-order chi connectivity index (χ1) is 10.1. The van der Waals surface area contributed by atoms with E-state index in [4.69, 9.17) is 0 Å². The van der Waals surface area contributed by atoms with E-state index in [1.807, 2.05) is 24.3 Å². The molecule has 0 saturated carbocycles. The van der Waals surface area contributed by atoms with Crippen LogP contribution < -0.4 is 4.23 Å². The van der Waals surface area contributed by atoms with Crippen LogP contribution in [0.2, 0.25) is 39.3 Å². The van der Waals surface area contributed by atoms with Crippen molar-refractivity contribution >= 4 is 22.3 Å². The number of nitriles is 1. The molecule has 1 aromatic carbocycles. The lowest BCUT2D eigenvalue weighted by atomic mass is 10.1. The Morgan fingerprint density at radius 3 is 1.95 bits per heavy atom. The molecule has 116 valence electrons. The predicted molar refractivity (Wildman–Crippen MR) is 100 cm³/mol. The van der Waals surface area contributed by atoms with Crippen LogP contribution >= 0.6 is 0 Å². The molecule has 0 bridgehead atoms. The number of nitrogens with one attached hydrogen (secondary N) is 1. The van der Waals surface area contributed by atoms with Gasteiger partial charge in [0.1, 0.15) is 28.2 Å². The Balaban J connectivity index is 2.69. The van der Waals surface area contributed by atoms with E-state index < -0.39 is 16.5 Å². The van der Waals surface area contributed by atoms with Gasteiger partial charge in [0.2, 0.25) is 0 Å². The number of hydrogen-bond donors (Lipinski definition) is 1. The standard InChI is InChI=1S/C17H25N3Si2/c1-21(2,3)20(22(4,5)6)17-16(12-15(13-18)19-17)14-10-8-7-9-11-14/h7-12,19H,1-6H3. The average molecular weight is 328 g/mol. The van der Waals surface area contributed by atoms with E-state index >= 15 is 0 Å². The van der Waals surface area contributed by atoms with Gasteiger partial charge < -0.3 is 9.22 Å². The highest BCUT2D eigenvalue weighted by Gasteiger charge is 2.37. The third-order valence-corrected chi connectivity index (χ3v) is 10.7. The molecule has 0 spiro atoms. The predicted octanol–water partition coefficient (Wildman–Crippen LogP) is 5.03. The minimum atomic E-state index is -1.57. The van der Waals surface area contributed by atoms with Gasteiger partial charge in [-0.1, -0.05) is 69.6 Å². The summed E-state index contributed by atoms with van der Waals surface area (Å²) in [5.41, 5.74) is 2.94. The third-order valence-electron chi connectivity index (χ3n) is 3.57. The molecule has 0 aliphatic heterocycles. The van der Waals surface area contributed by atoms with E-state index in [1.165, 1.54) is 0 Å². The molecule has 2 aromatic rings. The van der Waals surface area contributed by atoms with Crippen molar-refractivity contribution in [2.45, 2.75) is 39.3 Å². The average Bonchev–Trinajstić information content (AvgIpc) is 2.80. The monoisotopic (exact) mass is 327 g/mol. The summed E-state index contributed by atoms with van der Waals surface area (Å²) >= 11 is 0. The van der Waals surface area contributed by atoms with Crippen LogP contribution in [0.25, 0.3) is 11.1 Å². The third kappa shape index (κ3) is 3.34. The number of rotatable bonds is 4. The summed E-state index contributed by atoms with van der Waals surface area (Å²) in [6.07, 6.45) is 0. The molecule has 1 aromatic heterocycles. The zero-order chi connectivity index (χ0) is 16.5. The largest absolute Gasteiger partial charge is 0.411 e. The first-order valence-corrected chi connectivity index (χ1v) is 14.5. The fraction of sp³-hybridized carbons (Fsp3) is 0.353. The Morgan fingerprint density at radius 2 is 1.50 bits per heavy atom. The Kier molecular flexibility index (Phi) is 4.36. The molecule has 0 fully saturated rings. The maximum atomic E-state index is 9.33. The van der Waals surface area contributed by atoms with Gasteiger partial charge in [0, 0.05) is 5.56 Å². The van der Waals surface area contributed by atoms with Gasteiger partial charge in [-0.15, -0.1) is 0 Å². The van der Waals surface area contributed by atoms with E-state index in [9.17, 15) is 5.26 Å². The zero-order valence-corrected chi connectivity index (χ0v) is 16.4. The number of aromatic amines is 1. The Hall–Kier alpha value is -1.78. The van der Waals surface area contributed by atoms with Crippen LogP contribution in [0.1, 0.15) is 5.69 Å². The highest BCUT2D eigenvalue weighted by molar-refractivity contribution is 6.99. The minimum Gasteiger partial charge on any atom is -0.411 e. The molecule has 0 amide bonds. The van der Waals surface area contributed by atoms with Crippen molar-refractivity contribution in [1.29, 1.82) is 5.26 Å². The molecule has 1 N–H and O–H groups in total. The molecule has 0 aliphatic rings. The SMILES string of the molecule is C[Si](C)(C)N(c1[nH]c(C#N)cc1-c1ccccc1)[Si](C)(C)C. The van der Waals surface area contributed by atoms with E-state index in [0.717, 1.165) is 16.9 Å². The molecule has 2 rings (SSSR count). The van der Waals surface area contributed by atoms with Crippen LogP contribution in [-0.2, 0) is 0 Å². The lowest BCUT2D eigenvalue weighted by Crippen LogP contribution is -2.60. The molecule has 0 aliphatic carbocycles. The van der Waals surface area contributed by atoms with Gasteiger partial charge in [0.15, 0.2) is 0 Å². The second kappa shape index (κ2) is 5.78. The summed E-state index contributed by atoms with van der Waals surface area (Å²) in [5, 5.41) is 9.33. The molecule has 5 heteroatoms. The van der Waals surface area contributed by atoms with Gasteiger partial charge >= 0.3 is 0 Å². The van der Waals surface area contributed by atoms with Gasteiger partial charge in [-0.25, -0.2) is 0 Å². The van der Waals surface area contributed by atoms with E-state index in [-0.39, 0.29) is 0 Å². The van der Waals surface area contributed by atoms with Crippen LogP contribution in [0.3, 0.4) is 0 Å². The summed E-state index contributed by atoms with van der Waals surface area (Å²) in [6.45, 7) is 14.2. The summed E-state index contributed by atoms with van der Waals surface area (Å²) in [4.78, 5) is 3.38. The zero-order valence-electron chi connectivity index (χ0n) is 14.4. The van der Waals surface area contributed by atoms with Gasteiger partial charge in [-0.2, -0.15) is 5.26 Å². The minimum absolute atomic E-state index is 0.635. The number of hydrogen-bond acceptors (Lipinski definition) is 2. The second-order valence-corrected chi connectivity index (χ2v) is 17.6. The molecule has 3 nitrogen and oxygen atoms in total. The molecular weight excluding hydrogens is 302 g/mol. The number of aromatic nitrogens is 1. The fourth-order valence-electron chi connectivity index (χ4n) is 3.20. The van der Waals surface area contributed by atoms with Gasteiger partial charge in [-0.3, -0.25) is 0 Å². The smallest absolute Gasteiger partial charge is 0.139 e. The maximum absolute atomic E-state index is 9.33. The molecule has 0 atom stereocenters. The second-order valence-electron chi connectivity index (χ2n) is 7.60. The Labute approximate surface area is 135 Å². The van der Waals surface area contributed by atoms with E-state index in [0.29, 0.717) is 5.69 Å². The molecular formula is C17H25N3Si2. The summed E-state index contributed by atoms with van der Waals surface area (Å²) in [6, 6.07) is 14.6. The topological polar surface area (TPSA) is 42.8 Å². The number of benzene rings is 1. The number of nitrogens with zero attached hydrogens (tertiary/aromatic N) is 2. The van der Waals surface area contributed by atoms with E-state index in [2.05, 4.69) is 66.7 Å². The molecule has 0 unspecified atom stereocenters. The van der Waals surface area contributed by atoms with Crippen molar-refractivity contribution in [3.05, 3.63) is 42.1 Å². The normalized spacial score (nSPS) is 12.0. The van der Waals surface area contributed by atoms with Crippen LogP contribution in [0, 0.1) is 11.3 Å². The van der Waals surface area contributed by atoms with Crippen molar-refractivity contribution in [1.82, 2.24) is 4.98 Å². The van der Waals surface area contributed by atoms with Crippen LogP contribution in [0.15, 0.2) is 36.4 Å². The Bertz CT molecular complexity index is 671. The van der Waals surface area contributed by atoms with Crippen LogP contribution in [0.4, 0.5) is 5.82 Å². The van der Waals surface area contributed by atoms with Crippen molar-refractivity contribution in [2.24, 2.45) is 0 Å². The van der Waals surface area contributed by atoms with Gasteiger partial charge in [0.25, 0.3) is 0 Å². The molecule has 0 radical (unpaired) electrons. The number of H-pyrrole nitrogens is 1. The van der Waals surface area contributed by atoms with Crippen molar-refractivity contribution < 1.29 is 0 Å². The first-order valence-electron chi connectivity index (χ1n) is 7.63. The van der Waals surface area contributed by atoms with E-state index in [1.54, 1.807) is 0 Å². The Morgan fingerprint density at radius 1 is 0.955 bits per heavy atom. The van der Waals surface area contributed by atoms with Crippen LogP contribution in [0.5, 0.6) is 0 Å². The lowest BCUT2D eigenvalue weighted by Gasteiger charge is -2.45.